The highest BCUT2D eigenvalue weighted by molar-refractivity contribution is 6.29. The quantitative estimate of drug-likeness (QED) is 0.725. The molecule has 0 bridgehead atoms. The summed E-state index contributed by atoms with van der Waals surface area (Å²) in [6.07, 6.45) is 1.99. The smallest absolute Gasteiger partial charge is 0.254 e. The number of carbonyl (C=O) groups excluding carboxylic acids is 1. The second kappa shape index (κ2) is 6.32. The van der Waals surface area contributed by atoms with Crippen LogP contribution >= 0.6 is 11.6 Å². The maximum atomic E-state index is 13.0. The van der Waals surface area contributed by atoms with E-state index in [1.54, 1.807) is 4.57 Å². The van der Waals surface area contributed by atoms with Gasteiger partial charge >= 0.3 is 0 Å². The van der Waals surface area contributed by atoms with Gasteiger partial charge in [0.2, 0.25) is 5.28 Å². The van der Waals surface area contributed by atoms with Crippen LogP contribution in [0.5, 0.6) is 0 Å². The van der Waals surface area contributed by atoms with Gasteiger partial charge in [0.15, 0.2) is 0 Å². The third-order valence-electron chi connectivity index (χ3n) is 4.34. The number of hydrogen-bond donors (Lipinski definition) is 0. The molecule has 24 heavy (non-hydrogen) atoms. The number of fused-ring (bicyclic) bond motifs is 1. The predicted molar refractivity (Wildman–Crippen MR) is 96.1 cm³/mol. The molecule has 3 aromatic rings. The minimum Gasteiger partial charge on any atom is -0.353 e. The lowest BCUT2D eigenvalue weighted by molar-refractivity contribution is 0.0686. The van der Waals surface area contributed by atoms with Crippen LogP contribution in [-0.2, 0) is 20.6 Å². The van der Waals surface area contributed by atoms with E-state index < -0.39 is 0 Å². The lowest BCUT2D eigenvalue weighted by Crippen LogP contribution is -2.36. The average Bonchev–Trinajstić information content (AvgIpc) is 3.07. The molecule has 1 aromatic carbocycles. The average molecular weight is 345 g/mol. The second-order valence-electron chi connectivity index (χ2n) is 6.28. The summed E-state index contributed by atoms with van der Waals surface area (Å²) < 4.78 is 3.83. The van der Waals surface area contributed by atoms with Gasteiger partial charge in [-0.25, -0.2) is 4.98 Å². The number of amides is 1. The largest absolute Gasteiger partial charge is 0.353 e. The monoisotopic (exact) mass is 344 g/mol. The zero-order valence-electron chi connectivity index (χ0n) is 14.3. The van der Waals surface area contributed by atoms with Crippen molar-refractivity contribution in [1.82, 2.24) is 19.0 Å². The summed E-state index contributed by atoms with van der Waals surface area (Å²) in [6.45, 7) is 4.62. The van der Waals surface area contributed by atoms with Gasteiger partial charge in [0, 0.05) is 37.6 Å². The van der Waals surface area contributed by atoms with E-state index >= 15 is 0 Å². The number of aryl methyl sites for hydroxylation is 2. The summed E-state index contributed by atoms with van der Waals surface area (Å²) in [5, 5.41) is 0.416. The van der Waals surface area contributed by atoms with Gasteiger partial charge in [0.05, 0.1) is 17.6 Å². The van der Waals surface area contributed by atoms with Gasteiger partial charge in [-0.2, -0.15) is 0 Å². The first kappa shape index (κ1) is 16.6. The lowest BCUT2D eigenvalue weighted by atomic mass is 10.1. The first-order chi connectivity index (χ1) is 11.4. The zero-order chi connectivity index (χ0) is 17.4. The molecule has 2 aromatic heterocycles. The van der Waals surface area contributed by atoms with Gasteiger partial charge in [-0.05, 0) is 55.8 Å². The van der Waals surface area contributed by atoms with Crippen molar-refractivity contribution in [2.75, 3.05) is 0 Å². The molecular weight excluding hydrogens is 324 g/mol. The van der Waals surface area contributed by atoms with Crippen LogP contribution < -0.4 is 0 Å². The molecule has 0 saturated carbocycles. The predicted octanol–water partition coefficient (Wildman–Crippen LogP) is 3.62. The lowest BCUT2D eigenvalue weighted by Gasteiger charge is -2.27. The molecule has 0 aliphatic carbocycles. The molecule has 3 rings (SSSR count). The Balaban J connectivity index is 1.94. The zero-order valence-corrected chi connectivity index (χ0v) is 15.1. The summed E-state index contributed by atoms with van der Waals surface area (Å²) in [6, 6.07) is 9.65. The fourth-order valence-electron chi connectivity index (χ4n) is 2.79. The minimum atomic E-state index is -0.00474. The number of benzene rings is 1. The van der Waals surface area contributed by atoms with Crippen LogP contribution in [0.1, 0.15) is 29.9 Å². The van der Waals surface area contributed by atoms with Crippen LogP contribution in [0.2, 0.25) is 5.28 Å². The van der Waals surface area contributed by atoms with Crippen LogP contribution in [0.3, 0.4) is 0 Å². The number of nitrogens with zero attached hydrogens (tertiary/aromatic N) is 4. The Morgan fingerprint density at radius 3 is 2.67 bits per heavy atom. The maximum Gasteiger partial charge on any atom is 0.254 e. The van der Waals surface area contributed by atoms with Gasteiger partial charge in [-0.15, -0.1) is 0 Å². The van der Waals surface area contributed by atoms with Gasteiger partial charge in [0.25, 0.3) is 5.91 Å². The van der Waals surface area contributed by atoms with Crippen molar-refractivity contribution in [3.05, 3.63) is 53.1 Å². The highest BCUT2D eigenvalue weighted by Crippen LogP contribution is 2.21. The van der Waals surface area contributed by atoms with Gasteiger partial charge in [-0.3, -0.25) is 4.79 Å². The van der Waals surface area contributed by atoms with E-state index in [1.807, 2.05) is 73.9 Å². The Morgan fingerprint density at radius 1 is 1.29 bits per heavy atom. The van der Waals surface area contributed by atoms with Crippen LogP contribution in [0.15, 0.2) is 36.5 Å². The molecule has 0 fully saturated rings. The number of carbonyl (C=O) groups is 1. The third-order valence-corrected chi connectivity index (χ3v) is 4.68. The first-order valence-electron chi connectivity index (χ1n) is 7.91. The van der Waals surface area contributed by atoms with E-state index in [9.17, 15) is 4.79 Å². The number of halogens is 1. The number of aromatic nitrogens is 3. The molecule has 6 heteroatoms. The van der Waals surface area contributed by atoms with Crippen LogP contribution in [0, 0.1) is 0 Å². The van der Waals surface area contributed by atoms with Crippen molar-refractivity contribution in [2.45, 2.75) is 26.4 Å². The van der Waals surface area contributed by atoms with E-state index in [-0.39, 0.29) is 11.9 Å². The highest BCUT2D eigenvalue weighted by Gasteiger charge is 2.21. The topological polar surface area (TPSA) is 43.1 Å². The molecule has 0 aliphatic rings. The number of imidazole rings is 1. The Kier molecular flexibility index (Phi) is 4.37. The van der Waals surface area contributed by atoms with Crippen LogP contribution in [0.25, 0.3) is 11.0 Å². The van der Waals surface area contributed by atoms with Gasteiger partial charge < -0.3 is 14.0 Å². The number of hydrogen-bond acceptors (Lipinski definition) is 2. The Labute approximate surface area is 146 Å². The fraction of sp³-hybridized carbons (Fsp3) is 0.333. The van der Waals surface area contributed by atoms with E-state index in [1.165, 1.54) is 0 Å². The van der Waals surface area contributed by atoms with E-state index in [2.05, 4.69) is 4.98 Å². The molecule has 5 nitrogen and oxygen atoms in total. The molecule has 0 unspecified atom stereocenters. The highest BCUT2D eigenvalue weighted by atomic mass is 35.5. The van der Waals surface area contributed by atoms with E-state index in [0.717, 1.165) is 16.7 Å². The van der Waals surface area contributed by atoms with Crippen molar-refractivity contribution < 1.29 is 4.79 Å². The normalized spacial score (nSPS) is 11.4. The third kappa shape index (κ3) is 2.91. The maximum absolute atomic E-state index is 13.0. The van der Waals surface area contributed by atoms with Crippen molar-refractivity contribution >= 4 is 28.5 Å². The Hall–Kier alpha value is -2.27. The standard InChI is InChI=1S/C18H21ClN4O/c1-12(2)23(11-14-6-5-9-21(14)3)17(24)13-7-8-16-15(10-13)20-18(19)22(16)4/h5-10,12H,11H2,1-4H3. The summed E-state index contributed by atoms with van der Waals surface area (Å²) in [4.78, 5) is 19.2. The molecule has 0 saturated heterocycles. The molecule has 126 valence electrons. The summed E-state index contributed by atoms with van der Waals surface area (Å²) in [5.41, 5.74) is 3.37. The van der Waals surface area contributed by atoms with Gasteiger partial charge in [0.1, 0.15) is 0 Å². The van der Waals surface area contributed by atoms with Crippen molar-refractivity contribution in [1.29, 1.82) is 0 Å². The Bertz CT molecular complexity index is 894. The molecule has 0 N–H and O–H groups in total. The van der Waals surface area contributed by atoms with Crippen molar-refractivity contribution in [3.63, 3.8) is 0 Å². The summed E-state index contributed by atoms with van der Waals surface area (Å²) in [7, 11) is 3.84. The van der Waals surface area contributed by atoms with Crippen LogP contribution in [-0.4, -0.2) is 31.0 Å². The van der Waals surface area contributed by atoms with E-state index in [0.29, 0.717) is 17.4 Å². The molecular formula is C18H21ClN4O. The molecule has 0 spiro atoms. The first-order valence-corrected chi connectivity index (χ1v) is 8.29. The SMILES string of the molecule is CC(C)N(Cc1cccn1C)C(=O)c1ccc2c(c1)nc(Cl)n2C. The molecule has 2 heterocycles. The summed E-state index contributed by atoms with van der Waals surface area (Å²) in [5.74, 6) is -0.00474. The molecule has 0 atom stereocenters. The van der Waals surface area contributed by atoms with Crippen LogP contribution in [0.4, 0.5) is 0 Å². The fourth-order valence-corrected chi connectivity index (χ4v) is 2.98. The summed E-state index contributed by atoms with van der Waals surface area (Å²) >= 11 is 6.06. The van der Waals surface area contributed by atoms with E-state index in [4.69, 9.17) is 11.6 Å². The molecule has 0 aliphatic heterocycles. The van der Waals surface area contributed by atoms with Gasteiger partial charge in [-0.1, -0.05) is 0 Å². The van der Waals surface area contributed by atoms with Crippen molar-refractivity contribution in [3.8, 4) is 0 Å². The Morgan fingerprint density at radius 2 is 2.04 bits per heavy atom. The number of rotatable bonds is 4. The second-order valence-corrected chi connectivity index (χ2v) is 6.62. The minimum absolute atomic E-state index is 0.00474. The molecule has 0 radical (unpaired) electrons. The van der Waals surface area contributed by atoms with Crippen molar-refractivity contribution in [2.24, 2.45) is 14.1 Å². The molecule has 1 amide bonds.